The topological polar surface area (TPSA) is 83.7 Å². The lowest BCUT2D eigenvalue weighted by molar-refractivity contribution is 0.0529. The standard InChI is InChI=1S/C15H15N3O3S2/c1-9-6-18-13(20)11(5-16-14(18)23-9)12(19)17-8-15(2,21)10-3-4-22-7-10/h3-7,21H,8H2,1-2H3,(H,17,19). The smallest absolute Gasteiger partial charge is 0.271 e. The van der Waals surface area contributed by atoms with Crippen molar-refractivity contribution in [3.63, 3.8) is 0 Å². The molecule has 120 valence electrons. The van der Waals surface area contributed by atoms with Crippen molar-refractivity contribution in [2.75, 3.05) is 6.54 Å². The van der Waals surface area contributed by atoms with Crippen LogP contribution in [-0.4, -0.2) is 26.9 Å². The van der Waals surface area contributed by atoms with E-state index in [-0.39, 0.29) is 12.1 Å². The van der Waals surface area contributed by atoms with Gasteiger partial charge in [0.15, 0.2) is 4.96 Å². The zero-order valence-corrected chi connectivity index (χ0v) is 14.2. The number of aryl methyl sites for hydroxylation is 1. The van der Waals surface area contributed by atoms with Crippen LogP contribution in [0.25, 0.3) is 4.96 Å². The average Bonchev–Trinajstić information content (AvgIpc) is 3.14. The Morgan fingerprint density at radius 1 is 1.52 bits per heavy atom. The second-order valence-electron chi connectivity index (χ2n) is 5.44. The molecule has 0 radical (unpaired) electrons. The number of thiophene rings is 1. The molecule has 23 heavy (non-hydrogen) atoms. The molecule has 1 amide bonds. The number of nitrogens with zero attached hydrogens (tertiary/aromatic N) is 2. The van der Waals surface area contributed by atoms with Crippen molar-refractivity contribution < 1.29 is 9.90 Å². The molecule has 3 rings (SSSR count). The zero-order chi connectivity index (χ0) is 16.6. The molecule has 3 aromatic rings. The summed E-state index contributed by atoms with van der Waals surface area (Å²) in [6.07, 6.45) is 2.94. The van der Waals surface area contributed by atoms with Crippen LogP contribution in [0.4, 0.5) is 0 Å². The van der Waals surface area contributed by atoms with Crippen molar-refractivity contribution in [1.29, 1.82) is 0 Å². The second-order valence-corrected chi connectivity index (χ2v) is 7.43. The first-order chi connectivity index (χ1) is 10.9. The van der Waals surface area contributed by atoms with Crippen molar-refractivity contribution in [3.05, 3.63) is 55.6 Å². The predicted octanol–water partition coefficient (Wildman–Crippen LogP) is 1.76. The van der Waals surface area contributed by atoms with Gasteiger partial charge in [-0.1, -0.05) is 0 Å². The Morgan fingerprint density at radius 2 is 2.30 bits per heavy atom. The van der Waals surface area contributed by atoms with Crippen LogP contribution in [0.15, 0.2) is 34.0 Å². The van der Waals surface area contributed by atoms with Gasteiger partial charge in [-0.25, -0.2) is 4.98 Å². The van der Waals surface area contributed by atoms with Crippen LogP contribution in [0.5, 0.6) is 0 Å². The lowest BCUT2D eigenvalue weighted by Crippen LogP contribution is -2.40. The fourth-order valence-electron chi connectivity index (χ4n) is 2.17. The quantitative estimate of drug-likeness (QED) is 0.752. The van der Waals surface area contributed by atoms with E-state index >= 15 is 0 Å². The van der Waals surface area contributed by atoms with Crippen molar-refractivity contribution in [3.8, 4) is 0 Å². The van der Waals surface area contributed by atoms with E-state index in [4.69, 9.17) is 0 Å². The Hall–Kier alpha value is -2.03. The summed E-state index contributed by atoms with van der Waals surface area (Å²) in [5, 5.41) is 16.7. The molecule has 0 bridgehead atoms. The Labute approximate surface area is 140 Å². The molecule has 6 nitrogen and oxygen atoms in total. The summed E-state index contributed by atoms with van der Waals surface area (Å²) >= 11 is 2.85. The third-order valence-electron chi connectivity index (χ3n) is 3.50. The number of fused-ring (bicyclic) bond motifs is 1. The first-order valence-electron chi connectivity index (χ1n) is 6.89. The van der Waals surface area contributed by atoms with Gasteiger partial charge in [-0.15, -0.1) is 11.3 Å². The molecule has 3 aromatic heterocycles. The molecule has 0 saturated heterocycles. The number of aliphatic hydroxyl groups is 1. The van der Waals surface area contributed by atoms with Crippen LogP contribution in [0.3, 0.4) is 0 Å². The van der Waals surface area contributed by atoms with E-state index in [0.29, 0.717) is 4.96 Å². The van der Waals surface area contributed by atoms with E-state index in [1.165, 1.54) is 33.3 Å². The molecule has 0 saturated carbocycles. The highest BCUT2D eigenvalue weighted by atomic mass is 32.1. The lowest BCUT2D eigenvalue weighted by Gasteiger charge is -2.22. The van der Waals surface area contributed by atoms with Crippen LogP contribution in [0.2, 0.25) is 0 Å². The van der Waals surface area contributed by atoms with Gasteiger partial charge in [0.2, 0.25) is 0 Å². The van der Waals surface area contributed by atoms with Gasteiger partial charge >= 0.3 is 0 Å². The van der Waals surface area contributed by atoms with Crippen molar-refractivity contribution >= 4 is 33.5 Å². The van der Waals surface area contributed by atoms with Crippen molar-refractivity contribution in [1.82, 2.24) is 14.7 Å². The predicted molar refractivity (Wildman–Crippen MR) is 90.3 cm³/mol. The van der Waals surface area contributed by atoms with E-state index in [1.807, 2.05) is 17.7 Å². The molecular weight excluding hydrogens is 334 g/mol. The Bertz CT molecular complexity index is 910. The number of carbonyl (C=O) groups is 1. The van der Waals surface area contributed by atoms with Crippen molar-refractivity contribution in [2.24, 2.45) is 0 Å². The second kappa shape index (κ2) is 5.88. The van der Waals surface area contributed by atoms with Crippen LogP contribution >= 0.6 is 22.7 Å². The van der Waals surface area contributed by atoms with Crippen LogP contribution in [-0.2, 0) is 5.60 Å². The van der Waals surface area contributed by atoms with Gasteiger partial charge in [0, 0.05) is 17.3 Å². The summed E-state index contributed by atoms with van der Waals surface area (Å²) in [5.74, 6) is -0.545. The Morgan fingerprint density at radius 3 is 3.00 bits per heavy atom. The normalized spacial score (nSPS) is 13.9. The SMILES string of the molecule is Cc1cn2c(=O)c(C(=O)NCC(C)(O)c3ccsc3)cnc2s1. The van der Waals surface area contributed by atoms with Crippen LogP contribution in [0, 0.1) is 6.92 Å². The summed E-state index contributed by atoms with van der Waals surface area (Å²) in [7, 11) is 0. The molecule has 3 heterocycles. The highest BCUT2D eigenvalue weighted by Gasteiger charge is 2.25. The van der Waals surface area contributed by atoms with E-state index in [0.717, 1.165) is 10.4 Å². The maximum Gasteiger partial charge on any atom is 0.271 e. The minimum atomic E-state index is -1.19. The largest absolute Gasteiger partial charge is 0.384 e. The number of hydrogen-bond donors (Lipinski definition) is 2. The van der Waals surface area contributed by atoms with Crippen LogP contribution in [0.1, 0.15) is 27.7 Å². The number of hydrogen-bond acceptors (Lipinski definition) is 6. The van der Waals surface area contributed by atoms with Gasteiger partial charge in [-0.05, 0) is 36.2 Å². The number of carbonyl (C=O) groups excluding carboxylic acids is 1. The lowest BCUT2D eigenvalue weighted by atomic mass is 9.99. The van der Waals surface area contributed by atoms with Crippen LogP contribution < -0.4 is 10.9 Å². The summed E-state index contributed by atoms with van der Waals surface area (Å²) in [5.41, 5.74) is -0.919. The van der Waals surface area contributed by atoms with E-state index in [1.54, 1.807) is 19.2 Å². The molecule has 8 heteroatoms. The summed E-state index contributed by atoms with van der Waals surface area (Å²) < 4.78 is 1.37. The van der Waals surface area contributed by atoms with Gasteiger partial charge in [-0.2, -0.15) is 11.3 Å². The van der Waals surface area contributed by atoms with Crippen molar-refractivity contribution in [2.45, 2.75) is 19.4 Å². The van der Waals surface area contributed by atoms with Gasteiger partial charge in [0.25, 0.3) is 11.5 Å². The molecule has 2 N–H and O–H groups in total. The number of amides is 1. The third-order valence-corrected chi connectivity index (χ3v) is 5.10. The van der Waals surface area contributed by atoms with E-state index in [2.05, 4.69) is 10.3 Å². The number of aromatic nitrogens is 2. The van der Waals surface area contributed by atoms with Gasteiger partial charge in [-0.3, -0.25) is 14.0 Å². The van der Waals surface area contributed by atoms with Gasteiger partial charge < -0.3 is 10.4 Å². The fraction of sp³-hybridized carbons (Fsp3) is 0.267. The van der Waals surface area contributed by atoms with E-state index in [9.17, 15) is 14.7 Å². The maximum atomic E-state index is 12.3. The zero-order valence-electron chi connectivity index (χ0n) is 12.6. The molecule has 0 spiro atoms. The fourth-order valence-corrected chi connectivity index (χ4v) is 3.74. The molecule has 0 fully saturated rings. The highest BCUT2D eigenvalue weighted by molar-refractivity contribution is 7.16. The molecule has 1 atom stereocenters. The third kappa shape index (κ3) is 3.05. The number of nitrogens with one attached hydrogen (secondary N) is 1. The molecule has 0 aliphatic carbocycles. The Kier molecular flexibility index (Phi) is 4.05. The molecular formula is C15H15N3O3S2. The minimum Gasteiger partial charge on any atom is -0.384 e. The molecule has 1 unspecified atom stereocenters. The first kappa shape index (κ1) is 15.9. The van der Waals surface area contributed by atoms with E-state index < -0.39 is 17.1 Å². The number of thiazole rings is 1. The first-order valence-corrected chi connectivity index (χ1v) is 8.65. The molecule has 0 aromatic carbocycles. The van der Waals surface area contributed by atoms with Gasteiger partial charge in [0.05, 0.1) is 6.54 Å². The summed E-state index contributed by atoms with van der Waals surface area (Å²) in [6.45, 7) is 3.50. The molecule has 0 aliphatic rings. The maximum absolute atomic E-state index is 12.3. The number of rotatable bonds is 4. The van der Waals surface area contributed by atoms with Gasteiger partial charge in [0.1, 0.15) is 11.2 Å². The molecule has 0 aliphatic heterocycles. The monoisotopic (exact) mass is 349 g/mol. The minimum absolute atomic E-state index is 0.00732. The summed E-state index contributed by atoms with van der Waals surface area (Å²) in [6, 6.07) is 1.80. The summed E-state index contributed by atoms with van der Waals surface area (Å²) in [4.78, 5) is 30.2. The average molecular weight is 349 g/mol. The highest BCUT2D eigenvalue weighted by Crippen LogP contribution is 2.22. The Balaban J connectivity index is 1.81.